The highest BCUT2D eigenvalue weighted by atomic mass is 16.6. The maximum absolute atomic E-state index is 12.8. The molecule has 1 aliphatic heterocycles. The molecular weight excluding hydrogens is 536 g/mol. The first-order valence-corrected chi connectivity index (χ1v) is 14.2. The van der Waals surface area contributed by atoms with Crippen molar-refractivity contribution in [1.82, 2.24) is 0 Å². The highest BCUT2D eigenvalue weighted by Gasteiger charge is 2.77. The normalized spacial score (nSPS) is 38.9. The molecule has 1 saturated heterocycles. The summed E-state index contributed by atoms with van der Waals surface area (Å²) >= 11 is 0. The van der Waals surface area contributed by atoms with Gasteiger partial charge in [-0.1, -0.05) is 26.3 Å². The van der Waals surface area contributed by atoms with Crippen LogP contribution in [0.25, 0.3) is 0 Å². The van der Waals surface area contributed by atoms with E-state index in [4.69, 9.17) is 28.4 Å². The van der Waals surface area contributed by atoms with Crippen LogP contribution < -0.4 is 0 Å². The Morgan fingerprint density at radius 1 is 0.756 bits per heavy atom. The van der Waals surface area contributed by atoms with Gasteiger partial charge in [-0.05, 0) is 30.8 Å². The van der Waals surface area contributed by atoms with Gasteiger partial charge in [0.25, 0.3) is 0 Å². The van der Waals surface area contributed by atoms with Crippen LogP contribution >= 0.6 is 0 Å². The number of carbonyl (C=O) groups excluding carboxylic acids is 5. The maximum atomic E-state index is 12.8. The summed E-state index contributed by atoms with van der Waals surface area (Å²) in [7, 11) is 0. The molecule has 0 radical (unpaired) electrons. The molecule has 4 aliphatic rings. The summed E-state index contributed by atoms with van der Waals surface area (Å²) in [6.45, 7) is 14.4. The van der Waals surface area contributed by atoms with Gasteiger partial charge < -0.3 is 28.4 Å². The van der Waals surface area contributed by atoms with Crippen LogP contribution in [0, 0.1) is 22.7 Å². The number of hydrogen-bond donors (Lipinski definition) is 0. The molecule has 41 heavy (non-hydrogen) atoms. The molecule has 11 nitrogen and oxygen atoms in total. The van der Waals surface area contributed by atoms with Gasteiger partial charge >= 0.3 is 29.8 Å². The van der Waals surface area contributed by atoms with Gasteiger partial charge in [0.15, 0.2) is 12.2 Å². The molecule has 0 aromatic carbocycles. The minimum absolute atomic E-state index is 0.0373. The summed E-state index contributed by atoms with van der Waals surface area (Å²) in [6, 6.07) is 0. The van der Waals surface area contributed by atoms with Gasteiger partial charge in [-0.25, -0.2) is 0 Å². The fraction of sp³-hybridized carbons (Fsp3) is 0.767. The third-order valence-corrected chi connectivity index (χ3v) is 9.65. The van der Waals surface area contributed by atoms with Crippen molar-refractivity contribution < 1.29 is 52.4 Å². The number of epoxide rings is 1. The zero-order valence-electron chi connectivity index (χ0n) is 25.4. The van der Waals surface area contributed by atoms with E-state index in [2.05, 4.69) is 0 Å². The largest absolute Gasteiger partial charge is 0.462 e. The molecule has 3 aliphatic carbocycles. The zero-order chi connectivity index (χ0) is 30.7. The van der Waals surface area contributed by atoms with Crippen LogP contribution in [0.4, 0.5) is 0 Å². The summed E-state index contributed by atoms with van der Waals surface area (Å²) < 4.78 is 36.2. The van der Waals surface area contributed by atoms with Gasteiger partial charge in [-0.2, -0.15) is 0 Å². The lowest BCUT2D eigenvalue weighted by Crippen LogP contribution is -2.72. The lowest BCUT2D eigenvalue weighted by atomic mass is 9.47. The lowest BCUT2D eigenvalue weighted by molar-refractivity contribution is -0.257. The highest BCUT2D eigenvalue weighted by molar-refractivity contribution is 5.69. The molecule has 0 N–H and O–H groups in total. The molecule has 3 fully saturated rings. The monoisotopic (exact) mass is 578 g/mol. The first-order valence-electron chi connectivity index (χ1n) is 14.2. The Hall–Kier alpha value is -2.95. The quantitative estimate of drug-likeness (QED) is 0.205. The molecule has 0 aromatic heterocycles. The molecule has 2 saturated carbocycles. The molecule has 4 rings (SSSR count). The van der Waals surface area contributed by atoms with Crippen molar-refractivity contribution in [2.75, 3.05) is 6.61 Å². The molecule has 0 unspecified atom stereocenters. The van der Waals surface area contributed by atoms with Crippen molar-refractivity contribution in [2.24, 2.45) is 22.7 Å². The van der Waals surface area contributed by atoms with Crippen molar-refractivity contribution in [1.29, 1.82) is 0 Å². The van der Waals surface area contributed by atoms with E-state index in [9.17, 15) is 24.0 Å². The molecule has 1 heterocycles. The molecule has 1 spiro atoms. The van der Waals surface area contributed by atoms with Crippen LogP contribution in [0.2, 0.25) is 0 Å². The Morgan fingerprint density at radius 3 is 1.76 bits per heavy atom. The van der Waals surface area contributed by atoms with Gasteiger partial charge in [0.05, 0.1) is 12.0 Å². The Labute approximate surface area is 240 Å². The minimum atomic E-state index is -1.32. The van der Waals surface area contributed by atoms with Crippen molar-refractivity contribution in [3.05, 3.63) is 11.1 Å². The molecule has 9 atom stereocenters. The van der Waals surface area contributed by atoms with E-state index in [1.165, 1.54) is 34.6 Å². The topological polar surface area (TPSA) is 144 Å². The summed E-state index contributed by atoms with van der Waals surface area (Å²) in [5, 5.41) is 0. The van der Waals surface area contributed by atoms with E-state index in [0.717, 1.165) is 11.1 Å². The van der Waals surface area contributed by atoms with Crippen molar-refractivity contribution in [2.45, 2.75) is 118 Å². The maximum Gasteiger partial charge on any atom is 0.303 e. The Balaban J connectivity index is 2.10. The van der Waals surface area contributed by atoms with Gasteiger partial charge in [-0.3, -0.25) is 24.0 Å². The first kappa shape index (κ1) is 31.0. The summed E-state index contributed by atoms with van der Waals surface area (Å²) in [6.07, 6.45) is -3.53. The third kappa shape index (κ3) is 5.26. The van der Waals surface area contributed by atoms with E-state index < -0.39 is 82.7 Å². The molecule has 228 valence electrons. The van der Waals surface area contributed by atoms with Gasteiger partial charge in [0.2, 0.25) is 0 Å². The van der Waals surface area contributed by atoms with Gasteiger partial charge in [0, 0.05) is 52.9 Å². The number of rotatable bonds is 5. The Morgan fingerprint density at radius 2 is 1.27 bits per heavy atom. The van der Waals surface area contributed by atoms with Crippen LogP contribution in [0.1, 0.15) is 81.6 Å². The number of esters is 5. The fourth-order valence-corrected chi connectivity index (χ4v) is 8.26. The average Bonchev–Trinajstić information content (AvgIpc) is 3.59. The summed E-state index contributed by atoms with van der Waals surface area (Å²) in [5.74, 6) is -3.94. The standard InChI is InChI=1S/C30H42O11/c1-14-10-11-20-24(39-17(4)33)26-29(9,21(37-15(2)31)12-22(38-16(3)32)30(26)13-36-30)27(41-19(6)35)25(40-18(5)34)23(14)28(20,7)8/h20-22,24-27H,10-13H2,1-9H3/t20-,21-,22-,24+,25+,26-,27-,29+,30+/m0/s1. The third-order valence-electron chi connectivity index (χ3n) is 9.65. The SMILES string of the molecule is CC(=O)O[C@H]1[C@@H]2[C@@]3(CO3)[C@@H](OC(C)=O)C[C@H](OC(C)=O)[C@@]2(C)[C@@H](OC(C)=O)[C@H](OC(C)=O)C2=C(C)CC[C@@H]1C2(C)C. The van der Waals surface area contributed by atoms with Gasteiger partial charge in [-0.15, -0.1) is 0 Å². The van der Waals surface area contributed by atoms with Crippen LogP contribution in [-0.2, 0) is 52.4 Å². The second kappa shape index (κ2) is 10.7. The van der Waals surface area contributed by atoms with E-state index in [0.29, 0.717) is 12.8 Å². The number of fused-ring (bicyclic) bond motifs is 4. The molecular formula is C30H42O11. The molecule has 2 bridgehead atoms. The predicted molar refractivity (Wildman–Crippen MR) is 142 cm³/mol. The number of ether oxygens (including phenoxy) is 6. The van der Waals surface area contributed by atoms with Crippen molar-refractivity contribution in [3.63, 3.8) is 0 Å². The Kier molecular flexibility index (Phi) is 8.10. The van der Waals surface area contributed by atoms with Crippen LogP contribution in [0.3, 0.4) is 0 Å². The van der Waals surface area contributed by atoms with E-state index in [1.54, 1.807) is 6.92 Å². The molecule has 0 aromatic rings. The van der Waals surface area contributed by atoms with E-state index in [-0.39, 0.29) is 18.9 Å². The van der Waals surface area contributed by atoms with Crippen molar-refractivity contribution in [3.8, 4) is 0 Å². The lowest BCUT2D eigenvalue weighted by Gasteiger charge is -2.62. The van der Waals surface area contributed by atoms with Crippen LogP contribution in [0.15, 0.2) is 11.1 Å². The van der Waals surface area contributed by atoms with Crippen molar-refractivity contribution >= 4 is 29.8 Å². The van der Waals surface area contributed by atoms with Gasteiger partial charge in [0.1, 0.15) is 23.9 Å². The average molecular weight is 579 g/mol. The molecule has 0 amide bonds. The minimum Gasteiger partial charge on any atom is -0.462 e. The molecule has 11 heteroatoms. The number of allylic oxidation sites excluding steroid dienone is 1. The number of carbonyl (C=O) groups is 5. The first-order chi connectivity index (χ1) is 19.0. The number of hydrogen-bond acceptors (Lipinski definition) is 11. The summed E-state index contributed by atoms with van der Waals surface area (Å²) in [5.41, 5.74) is -1.37. The van der Waals surface area contributed by atoms with E-state index >= 15 is 0 Å². The predicted octanol–water partition coefficient (Wildman–Crippen LogP) is 3.21. The highest BCUT2D eigenvalue weighted by Crippen LogP contribution is 2.65. The Bertz CT molecular complexity index is 1160. The van der Waals surface area contributed by atoms with E-state index in [1.807, 2.05) is 20.8 Å². The summed E-state index contributed by atoms with van der Waals surface area (Å²) in [4.78, 5) is 63.0. The van der Waals surface area contributed by atoms with Crippen LogP contribution in [0.5, 0.6) is 0 Å². The second-order valence-electron chi connectivity index (χ2n) is 12.7. The second-order valence-corrected chi connectivity index (χ2v) is 12.7. The van der Waals surface area contributed by atoms with Crippen LogP contribution in [-0.4, -0.2) is 72.6 Å². The zero-order valence-corrected chi connectivity index (χ0v) is 25.4. The fourth-order valence-electron chi connectivity index (χ4n) is 8.26. The smallest absolute Gasteiger partial charge is 0.303 e.